The first kappa shape index (κ1) is 21.7. The Hall–Kier alpha value is -1.98. The van der Waals surface area contributed by atoms with Crippen LogP contribution in [-0.2, 0) is 19.5 Å². The lowest BCUT2D eigenvalue weighted by atomic mass is 10.2. The van der Waals surface area contributed by atoms with E-state index in [4.69, 9.17) is 0 Å². The molecule has 29 heavy (non-hydrogen) atoms. The number of benzene rings is 1. The lowest BCUT2D eigenvalue weighted by molar-refractivity contribution is 0.369. The Morgan fingerprint density at radius 1 is 1.10 bits per heavy atom. The van der Waals surface area contributed by atoms with Crippen LogP contribution in [0.1, 0.15) is 24.5 Å². The zero-order chi connectivity index (χ0) is 19.5. The minimum Gasteiger partial charge on any atom is -0.366 e. The maximum Gasteiger partial charge on any atom is 0.194 e. The predicted molar refractivity (Wildman–Crippen MR) is 119 cm³/mol. The van der Waals surface area contributed by atoms with Crippen molar-refractivity contribution in [2.45, 2.75) is 32.4 Å². The SMILES string of the molecule is CN=C(NCc1nnc2n1CCCC2)N1CCN(c2cc(F)ccc2F)CC1.I. The Kier molecular flexibility index (Phi) is 7.25. The standard InChI is InChI=1S/C19H25F2N7.HI/c1-22-19(23-13-18-25-24-17-4-2-3-7-28(17)18)27-10-8-26(9-11-27)16-12-14(20)5-6-15(16)21;/h5-6,12H,2-4,7-11,13H2,1H3,(H,22,23);1H. The Bertz CT molecular complexity index is 862. The van der Waals surface area contributed by atoms with Crippen molar-refractivity contribution >= 4 is 35.6 Å². The van der Waals surface area contributed by atoms with Crippen LogP contribution in [0.3, 0.4) is 0 Å². The molecule has 1 N–H and O–H groups in total. The van der Waals surface area contributed by atoms with E-state index in [0.717, 1.165) is 43.1 Å². The van der Waals surface area contributed by atoms with Crippen LogP contribution >= 0.6 is 24.0 Å². The third kappa shape index (κ3) is 4.78. The van der Waals surface area contributed by atoms with E-state index >= 15 is 0 Å². The quantitative estimate of drug-likeness (QED) is 0.385. The molecule has 0 atom stereocenters. The van der Waals surface area contributed by atoms with Crippen LogP contribution < -0.4 is 10.2 Å². The summed E-state index contributed by atoms with van der Waals surface area (Å²) in [4.78, 5) is 8.37. The van der Waals surface area contributed by atoms with Gasteiger partial charge in [0.1, 0.15) is 17.5 Å². The molecule has 0 aliphatic carbocycles. The molecule has 1 saturated heterocycles. The summed E-state index contributed by atoms with van der Waals surface area (Å²) in [6.07, 6.45) is 3.31. The highest BCUT2D eigenvalue weighted by Gasteiger charge is 2.23. The van der Waals surface area contributed by atoms with Crippen molar-refractivity contribution in [3.8, 4) is 0 Å². The lowest BCUT2D eigenvalue weighted by Crippen LogP contribution is -2.52. The summed E-state index contributed by atoms with van der Waals surface area (Å²) in [5.41, 5.74) is 0.317. The first-order valence-corrected chi connectivity index (χ1v) is 9.72. The van der Waals surface area contributed by atoms with Gasteiger partial charge in [0.05, 0.1) is 12.2 Å². The van der Waals surface area contributed by atoms with Gasteiger partial charge in [-0.3, -0.25) is 4.99 Å². The third-order valence-electron chi connectivity index (χ3n) is 5.38. The molecule has 0 saturated carbocycles. The van der Waals surface area contributed by atoms with E-state index in [2.05, 4.69) is 30.0 Å². The fourth-order valence-electron chi connectivity index (χ4n) is 3.88. The number of guanidine groups is 1. The van der Waals surface area contributed by atoms with Gasteiger partial charge in [0.2, 0.25) is 0 Å². The molecule has 1 fully saturated rings. The van der Waals surface area contributed by atoms with Crippen LogP contribution in [0, 0.1) is 11.6 Å². The number of nitrogens with one attached hydrogen (secondary N) is 1. The first-order chi connectivity index (χ1) is 13.7. The number of aromatic nitrogens is 3. The van der Waals surface area contributed by atoms with Crippen molar-refractivity contribution < 1.29 is 8.78 Å². The van der Waals surface area contributed by atoms with Crippen LogP contribution in [-0.4, -0.2) is 58.9 Å². The Balaban J connectivity index is 0.00000240. The molecule has 3 heterocycles. The maximum atomic E-state index is 14.0. The Labute approximate surface area is 186 Å². The normalized spacial score (nSPS) is 17.0. The molecule has 7 nitrogen and oxygen atoms in total. The van der Waals surface area contributed by atoms with Crippen LogP contribution in [0.4, 0.5) is 14.5 Å². The molecule has 0 radical (unpaired) electrons. The zero-order valence-corrected chi connectivity index (χ0v) is 18.8. The van der Waals surface area contributed by atoms with Crippen LogP contribution in [0.25, 0.3) is 0 Å². The summed E-state index contributed by atoms with van der Waals surface area (Å²) in [7, 11) is 1.75. The van der Waals surface area contributed by atoms with E-state index in [-0.39, 0.29) is 24.0 Å². The average molecular weight is 517 g/mol. The summed E-state index contributed by atoms with van der Waals surface area (Å²) in [5, 5.41) is 12.0. The molecule has 0 amide bonds. The molecule has 0 unspecified atom stereocenters. The van der Waals surface area contributed by atoms with Gasteiger partial charge in [0.15, 0.2) is 11.8 Å². The summed E-state index contributed by atoms with van der Waals surface area (Å²) in [6.45, 7) is 4.08. The summed E-state index contributed by atoms with van der Waals surface area (Å²) >= 11 is 0. The van der Waals surface area contributed by atoms with E-state index in [1.54, 1.807) is 7.05 Å². The number of aliphatic imine (C=N–C) groups is 1. The van der Waals surface area contributed by atoms with Crippen molar-refractivity contribution in [3.63, 3.8) is 0 Å². The molecule has 2 aliphatic rings. The topological polar surface area (TPSA) is 61.6 Å². The van der Waals surface area contributed by atoms with E-state index in [1.807, 2.05) is 4.90 Å². The van der Waals surface area contributed by atoms with Crippen molar-refractivity contribution in [2.24, 2.45) is 4.99 Å². The number of halogens is 3. The van der Waals surface area contributed by atoms with E-state index in [1.165, 1.54) is 18.6 Å². The third-order valence-corrected chi connectivity index (χ3v) is 5.38. The van der Waals surface area contributed by atoms with E-state index < -0.39 is 11.6 Å². The van der Waals surface area contributed by atoms with E-state index in [0.29, 0.717) is 38.4 Å². The number of fused-ring (bicyclic) bond motifs is 1. The number of hydrogen-bond donors (Lipinski definition) is 1. The van der Waals surface area contributed by atoms with E-state index in [9.17, 15) is 8.78 Å². The molecule has 2 aromatic rings. The van der Waals surface area contributed by atoms with Gasteiger partial charge in [-0.2, -0.15) is 0 Å². The Morgan fingerprint density at radius 3 is 2.66 bits per heavy atom. The molecule has 0 spiro atoms. The van der Waals surface area contributed by atoms with Gasteiger partial charge in [-0.25, -0.2) is 8.78 Å². The number of nitrogens with zero attached hydrogens (tertiary/aromatic N) is 6. The van der Waals surface area contributed by atoms with Gasteiger partial charge in [-0.1, -0.05) is 0 Å². The number of hydrogen-bond acceptors (Lipinski definition) is 4. The number of piperazine rings is 1. The molecule has 10 heteroatoms. The molecule has 0 bridgehead atoms. The smallest absolute Gasteiger partial charge is 0.194 e. The molecule has 1 aromatic carbocycles. The summed E-state index contributed by atoms with van der Waals surface area (Å²) < 4.78 is 29.7. The molecular weight excluding hydrogens is 491 g/mol. The fourth-order valence-corrected chi connectivity index (χ4v) is 3.88. The second-order valence-corrected chi connectivity index (χ2v) is 7.11. The minimum atomic E-state index is -0.423. The van der Waals surface area contributed by atoms with Gasteiger partial charge in [-0.15, -0.1) is 34.2 Å². The molecule has 158 valence electrons. The fraction of sp³-hybridized carbons (Fsp3) is 0.526. The predicted octanol–water partition coefficient (Wildman–Crippen LogP) is 2.41. The molecule has 1 aromatic heterocycles. The molecular formula is C19H26F2IN7. The second-order valence-electron chi connectivity index (χ2n) is 7.11. The van der Waals surface area contributed by atoms with Crippen molar-refractivity contribution in [2.75, 3.05) is 38.1 Å². The maximum absolute atomic E-state index is 14.0. The van der Waals surface area contributed by atoms with Crippen LogP contribution in [0.5, 0.6) is 0 Å². The zero-order valence-electron chi connectivity index (χ0n) is 16.4. The van der Waals surface area contributed by atoms with Crippen molar-refractivity contribution in [1.29, 1.82) is 0 Å². The lowest BCUT2D eigenvalue weighted by Gasteiger charge is -2.37. The number of rotatable bonds is 3. The van der Waals surface area contributed by atoms with Crippen LogP contribution in [0.15, 0.2) is 23.2 Å². The first-order valence-electron chi connectivity index (χ1n) is 9.72. The van der Waals surface area contributed by atoms with Gasteiger partial charge in [-0.05, 0) is 25.0 Å². The number of anilines is 1. The number of aryl methyl sites for hydroxylation is 1. The minimum absolute atomic E-state index is 0. The molecule has 4 rings (SSSR count). The highest BCUT2D eigenvalue weighted by atomic mass is 127. The Morgan fingerprint density at radius 2 is 1.90 bits per heavy atom. The highest BCUT2D eigenvalue weighted by molar-refractivity contribution is 14.0. The monoisotopic (exact) mass is 517 g/mol. The van der Waals surface area contributed by atoms with Crippen LogP contribution in [0.2, 0.25) is 0 Å². The summed E-state index contributed by atoms with van der Waals surface area (Å²) in [5.74, 6) is 1.95. The van der Waals surface area contributed by atoms with Gasteiger partial charge >= 0.3 is 0 Å². The van der Waals surface area contributed by atoms with Gasteiger partial charge < -0.3 is 19.7 Å². The van der Waals surface area contributed by atoms with Crippen molar-refractivity contribution in [3.05, 3.63) is 41.5 Å². The largest absolute Gasteiger partial charge is 0.366 e. The summed E-state index contributed by atoms with van der Waals surface area (Å²) in [6, 6.07) is 3.58. The second kappa shape index (κ2) is 9.68. The van der Waals surface area contributed by atoms with Crippen molar-refractivity contribution in [1.82, 2.24) is 25.0 Å². The van der Waals surface area contributed by atoms with Gasteiger partial charge in [0, 0.05) is 52.3 Å². The van der Waals surface area contributed by atoms with Gasteiger partial charge in [0.25, 0.3) is 0 Å². The molecule has 2 aliphatic heterocycles. The average Bonchev–Trinajstić information content (AvgIpc) is 3.14. The highest BCUT2D eigenvalue weighted by Crippen LogP contribution is 2.22.